The lowest BCUT2D eigenvalue weighted by molar-refractivity contribution is -0.603. The monoisotopic (exact) mass is 1100 g/mol. The number of carbonyl (C=O) groups is 2. The first-order valence-electron chi connectivity index (χ1n) is 20.8. The molecule has 0 unspecified atom stereocenters. The molecule has 384 valence electrons. The van der Waals surface area contributed by atoms with Crippen LogP contribution in [0.1, 0.15) is 17.3 Å². The number of anilines is 5. The highest BCUT2D eigenvalue weighted by Crippen LogP contribution is 2.43. The number of hydrogen-bond acceptors (Lipinski definition) is 20. The molecule has 8 N–H and O–H groups in total. The molecule has 0 aliphatic carbocycles. The Morgan fingerprint density at radius 3 is 1.89 bits per heavy atom. The number of fused-ring (bicyclic) bond motifs is 2. The van der Waals surface area contributed by atoms with Crippen molar-refractivity contribution in [1.82, 2.24) is 15.0 Å². The molecule has 0 atom stereocenters. The van der Waals surface area contributed by atoms with Crippen LogP contribution < -0.4 is 25.3 Å². The normalized spacial score (nSPS) is 12.3. The molecular weight excluding hydrogens is 1070 g/mol. The molecule has 8 rings (SSSR count). The number of aromatic nitrogens is 4. The number of amides is 1. The molecule has 8 aromatic rings. The van der Waals surface area contributed by atoms with E-state index in [1.165, 1.54) is 96.9 Å². The summed E-state index contributed by atoms with van der Waals surface area (Å²) in [6.07, 6.45) is 2.59. The maximum Gasteiger partial charge on any atom is 0.444 e. The zero-order chi connectivity index (χ0) is 54.2. The van der Waals surface area contributed by atoms with E-state index in [4.69, 9.17) is 4.74 Å². The Morgan fingerprint density at radius 2 is 1.23 bits per heavy atom. The van der Waals surface area contributed by atoms with Crippen LogP contribution in [0, 0.1) is 0 Å². The number of carboxylic acids is 1. The van der Waals surface area contributed by atoms with E-state index in [0.717, 1.165) is 43.3 Å². The fourth-order valence-corrected chi connectivity index (χ4v) is 9.83. The number of carbonyl (C=O) groups excluding carboxylic acids is 1. The van der Waals surface area contributed by atoms with Gasteiger partial charge in [-0.05, 0) is 88.2 Å². The van der Waals surface area contributed by atoms with E-state index in [0.29, 0.717) is 0 Å². The van der Waals surface area contributed by atoms with E-state index in [9.17, 15) is 66.6 Å². The third kappa shape index (κ3) is 11.8. The highest BCUT2D eigenvalue weighted by molar-refractivity contribution is 7.86. The molecule has 0 aliphatic heterocycles. The van der Waals surface area contributed by atoms with Gasteiger partial charge in [-0.25, -0.2) is 9.36 Å². The Morgan fingerprint density at radius 1 is 0.587 bits per heavy atom. The molecule has 0 radical (unpaired) electrons. The highest BCUT2D eigenvalue weighted by atomic mass is 32.2. The molecular formula is C44H34N11O16S4+. The number of ether oxygens (including phenoxy) is 1. The molecule has 0 fully saturated rings. The van der Waals surface area contributed by atoms with Gasteiger partial charge < -0.3 is 25.8 Å². The van der Waals surface area contributed by atoms with Crippen molar-refractivity contribution in [2.45, 2.75) is 26.5 Å². The van der Waals surface area contributed by atoms with Crippen molar-refractivity contribution in [2.24, 2.45) is 20.5 Å². The fourth-order valence-electron chi connectivity index (χ4n) is 7.23. The maximum atomic E-state index is 13.0. The lowest BCUT2D eigenvalue weighted by atomic mass is 10.1. The summed E-state index contributed by atoms with van der Waals surface area (Å²) in [4.78, 5) is 34.9. The smallest absolute Gasteiger partial charge is 0.444 e. The Labute approximate surface area is 423 Å². The summed E-state index contributed by atoms with van der Waals surface area (Å²) < 4.78 is 146. The Kier molecular flexibility index (Phi) is 14.2. The highest BCUT2D eigenvalue weighted by Gasteiger charge is 2.25. The van der Waals surface area contributed by atoms with Gasteiger partial charge in [0, 0.05) is 34.8 Å². The third-order valence-electron chi connectivity index (χ3n) is 10.4. The Bertz CT molecular complexity index is 4240. The van der Waals surface area contributed by atoms with Crippen LogP contribution >= 0.6 is 0 Å². The average molecular weight is 1100 g/mol. The van der Waals surface area contributed by atoms with Crippen LogP contribution in [0.5, 0.6) is 5.75 Å². The third-order valence-corrected chi connectivity index (χ3v) is 13.9. The number of methoxy groups -OCH3 is 1. The first-order chi connectivity index (χ1) is 35.3. The number of hydrogen-bond donors (Lipinski definition) is 8. The zero-order valence-corrected chi connectivity index (χ0v) is 41.3. The Hall–Kier alpha value is -8.82. The summed E-state index contributed by atoms with van der Waals surface area (Å²) in [7, 11) is -18.3. The molecule has 31 heteroatoms. The second kappa shape index (κ2) is 20.2. The largest absolute Gasteiger partial charge is 0.494 e. The van der Waals surface area contributed by atoms with Crippen LogP contribution in [0.25, 0.3) is 27.5 Å². The summed E-state index contributed by atoms with van der Waals surface area (Å²) in [6, 6.07) is 22.1. The lowest BCUT2D eigenvalue weighted by Crippen LogP contribution is -2.34. The van der Waals surface area contributed by atoms with Gasteiger partial charge in [-0.3, -0.25) is 23.0 Å². The summed E-state index contributed by atoms with van der Waals surface area (Å²) >= 11 is 0. The van der Waals surface area contributed by atoms with Crippen molar-refractivity contribution in [3.63, 3.8) is 0 Å². The van der Waals surface area contributed by atoms with Gasteiger partial charge in [-0.1, -0.05) is 30.3 Å². The van der Waals surface area contributed by atoms with E-state index >= 15 is 0 Å². The quantitative estimate of drug-likeness (QED) is 0.0265. The molecule has 0 spiro atoms. The minimum atomic E-state index is -5.03. The molecule has 6 aromatic carbocycles. The van der Waals surface area contributed by atoms with Crippen LogP contribution in [-0.4, -0.2) is 90.9 Å². The summed E-state index contributed by atoms with van der Waals surface area (Å²) in [5.41, 5.74) is -1.15. The van der Waals surface area contributed by atoms with Crippen LogP contribution in [0.4, 0.5) is 51.7 Å². The molecule has 0 bridgehead atoms. The van der Waals surface area contributed by atoms with Gasteiger partial charge in [0.2, 0.25) is 5.91 Å². The molecule has 75 heavy (non-hydrogen) atoms. The van der Waals surface area contributed by atoms with Crippen molar-refractivity contribution < 1.29 is 75.9 Å². The van der Waals surface area contributed by atoms with Gasteiger partial charge in [0.15, 0.2) is 0 Å². The predicted molar refractivity (Wildman–Crippen MR) is 264 cm³/mol. The molecule has 0 aliphatic rings. The van der Waals surface area contributed by atoms with E-state index in [-0.39, 0.29) is 84.8 Å². The molecule has 0 saturated carbocycles. The van der Waals surface area contributed by atoms with Crippen molar-refractivity contribution in [2.75, 3.05) is 23.1 Å². The van der Waals surface area contributed by atoms with E-state index < -0.39 is 77.6 Å². The van der Waals surface area contributed by atoms with Crippen LogP contribution in [-0.2, 0) is 45.3 Å². The standard InChI is InChI=1S/C44H33N11O16S4/c1-23(56)45-32-20-34(36(71-2)21-33(32)52-54-35-19-29-24(17-39(35)75(68,69)70)7-3-12-37(29)73(62,63)64)53-51-30-14-15-31(40-28(30)11-5-13-38(40)74(65,66)67)47-43-48-42(46-26-9-4-10-27(18-26)72(59,60)61)49-44(50-43)55-16-6-8-25(22-55)41(57)58/h3-22H,1-2H3,(H7-,45,46,47,48,49,50,53,54,56,57,58,59,60,61,62,63,64,65,66,67,68,69,70)/p+1. The van der Waals surface area contributed by atoms with Gasteiger partial charge in [0.05, 0.1) is 47.0 Å². The van der Waals surface area contributed by atoms with Crippen molar-refractivity contribution in [3.8, 4) is 11.7 Å². The van der Waals surface area contributed by atoms with Gasteiger partial charge >= 0.3 is 23.8 Å². The van der Waals surface area contributed by atoms with E-state index in [1.54, 1.807) is 0 Å². The van der Waals surface area contributed by atoms with Crippen molar-refractivity contribution in [1.29, 1.82) is 0 Å². The first kappa shape index (κ1) is 52.5. The second-order valence-corrected chi connectivity index (χ2v) is 21.1. The zero-order valence-electron chi connectivity index (χ0n) is 38.0. The molecule has 2 heterocycles. The van der Waals surface area contributed by atoms with Gasteiger partial charge in [-0.2, -0.15) is 33.7 Å². The first-order valence-corrected chi connectivity index (χ1v) is 26.5. The van der Waals surface area contributed by atoms with Crippen LogP contribution in [0.15, 0.2) is 162 Å². The van der Waals surface area contributed by atoms with E-state index in [1.807, 2.05) is 0 Å². The lowest BCUT2D eigenvalue weighted by Gasteiger charge is -2.13. The SMILES string of the molecule is COc1cc(N=Nc2cc3c(S(=O)(=O)O)cccc3cc2S(=O)(=O)O)c(NC(C)=O)cc1N=Nc1ccc(Nc2nc(Nc3cccc(S(=O)(=O)O)c3)nc(-[n+]3cccc(C(=O)O)c3)n2)c2c(S(=O)(=O)O)cccc12. The Balaban J connectivity index is 1.22. The molecule has 27 nitrogen and oxygen atoms in total. The van der Waals surface area contributed by atoms with Gasteiger partial charge in [-0.15, -0.1) is 25.4 Å². The minimum Gasteiger partial charge on any atom is -0.494 e. The number of aromatic carboxylic acids is 1. The number of nitrogens with one attached hydrogen (secondary N) is 3. The summed E-state index contributed by atoms with van der Waals surface area (Å²) in [5.74, 6) is -2.80. The van der Waals surface area contributed by atoms with Crippen molar-refractivity contribution in [3.05, 3.63) is 127 Å². The number of carboxylic acid groups (broad SMARTS) is 1. The predicted octanol–water partition coefficient (Wildman–Crippen LogP) is 7.42. The number of azo groups is 2. The molecule has 1 amide bonds. The second-order valence-electron chi connectivity index (χ2n) is 15.5. The van der Waals surface area contributed by atoms with Crippen LogP contribution in [0.2, 0.25) is 0 Å². The van der Waals surface area contributed by atoms with Gasteiger partial charge in [0.25, 0.3) is 40.5 Å². The van der Waals surface area contributed by atoms with Crippen molar-refractivity contribution >= 4 is 126 Å². The topological polar surface area (TPSA) is 409 Å². The fraction of sp³-hybridized carbons (Fsp3) is 0.0455. The van der Waals surface area contributed by atoms with Gasteiger partial charge in [0.1, 0.15) is 37.5 Å². The number of rotatable bonds is 16. The van der Waals surface area contributed by atoms with Crippen LogP contribution in [0.3, 0.4) is 0 Å². The number of nitrogens with zero attached hydrogens (tertiary/aromatic N) is 8. The number of benzene rings is 6. The molecule has 2 aromatic heterocycles. The maximum absolute atomic E-state index is 13.0. The molecule has 0 saturated heterocycles. The summed E-state index contributed by atoms with van der Waals surface area (Å²) in [6.45, 7) is 1.15. The minimum absolute atomic E-state index is 0.00751. The average Bonchev–Trinajstić information content (AvgIpc) is 3.33. The number of pyridine rings is 1. The summed E-state index contributed by atoms with van der Waals surface area (Å²) in [5, 5.41) is 34.2. The van der Waals surface area contributed by atoms with E-state index in [2.05, 4.69) is 51.4 Å².